The van der Waals surface area contributed by atoms with Gasteiger partial charge in [-0.3, -0.25) is 9.69 Å². The molecule has 0 saturated carbocycles. The summed E-state index contributed by atoms with van der Waals surface area (Å²) in [7, 11) is 0. The zero-order valence-corrected chi connectivity index (χ0v) is 15.0. The number of fused-ring (bicyclic) bond motifs is 1. The first kappa shape index (κ1) is 17.4. The minimum absolute atomic E-state index is 0.0659. The van der Waals surface area contributed by atoms with Crippen molar-refractivity contribution >= 4 is 5.91 Å². The summed E-state index contributed by atoms with van der Waals surface area (Å²) in [6.07, 6.45) is 3.95. The number of aliphatic hydroxyl groups is 1. The third-order valence-corrected chi connectivity index (χ3v) is 6.29. The van der Waals surface area contributed by atoms with Crippen molar-refractivity contribution in [1.82, 2.24) is 9.80 Å². The van der Waals surface area contributed by atoms with Gasteiger partial charge in [-0.25, -0.2) is 0 Å². The van der Waals surface area contributed by atoms with E-state index in [9.17, 15) is 9.90 Å². The van der Waals surface area contributed by atoms with Crippen LogP contribution < -0.4 is 0 Å². The van der Waals surface area contributed by atoms with Crippen molar-refractivity contribution in [1.29, 1.82) is 0 Å². The fourth-order valence-electron chi connectivity index (χ4n) is 4.11. The van der Waals surface area contributed by atoms with Gasteiger partial charge in [0, 0.05) is 19.7 Å². The van der Waals surface area contributed by atoms with E-state index in [0.29, 0.717) is 0 Å². The van der Waals surface area contributed by atoms with Crippen LogP contribution in [-0.2, 0) is 17.8 Å². The summed E-state index contributed by atoms with van der Waals surface area (Å²) in [6, 6.07) is 8.37. The van der Waals surface area contributed by atoms with E-state index in [2.05, 4.69) is 36.1 Å². The van der Waals surface area contributed by atoms with Crippen LogP contribution in [0.2, 0.25) is 0 Å². The van der Waals surface area contributed by atoms with Crippen molar-refractivity contribution in [3.05, 3.63) is 35.4 Å². The number of rotatable bonds is 4. The predicted octanol–water partition coefficient (Wildman–Crippen LogP) is 2.44. The van der Waals surface area contributed by atoms with Crippen LogP contribution in [0, 0.1) is 5.41 Å². The maximum Gasteiger partial charge on any atom is 0.239 e. The zero-order valence-electron chi connectivity index (χ0n) is 15.0. The maximum atomic E-state index is 12.9. The first-order valence-corrected chi connectivity index (χ1v) is 9.29. The summed E-state index contributed by atoms with van der Waals surface area (Å²) in [5, 5.41) is 9.68. The highest BCUT2D eigenvalue weighted by Gasteiger charge is 2.36. The van der Waals surface area contributed by atoms with Gasteiger partial charge in [0.15, 0.2) is 0 Å². The van der Waals surface area contributed by atoms with Crippen LogP contribution in [0.1, 0.15) is 44.2 Å². The molecule has 1 unspecified atom stereocenters. The number of aliphatic hydroxyl groups excluding tert-OH is 1. The van der Waals surface area contributed by atoms with E-state index in [1.54, 1.807) is 0 Å². The second kappa shape index (κ2) is 7.24. The number of piperidine rings is 1. The number of carbonyl (C=O) groups is 1. The first-order chi connectivity index (χ1) is 11.6. The molecular formula is C20H30N2O2. The van der Waals surface area contributed by atoms with Crippen LogP contribution in [0.5, 0.6) is 0 Å². The second-order valence-electron chi connectivity index (χ2n) is 7.50. The molecule has 1 amide bonds. The Bertz CT molecular complexity index is 573. The van der Waals surface area contributed by atoms with Gasteiger partial charge < -0.3 is 10.0 Å². The van der Waals surface area contributed by atoms with E-state index in [0.717, 1.165) is 51.9 Å². The van der Waals surface area contributed by atoms with Gasteiger partial charge in [0.05, 0.1) is 6.04 Å². The smallest absolute Gasteiger partial charge is 0.239 e. The number of likely N-dealkylation sites (tertiary alicyclic amines) is 1. The SMILES string of the molecule is CCC1(CO)CCN(C(C)C(=O)N2CCc3ccccc3C2)CC1. The molecule has 1 atom stereocenters. The van der Waals surface area contributed by atoms with E-state index in [1.807, 2.05) is 11.8 Å². The topological polar surface area (TPSA) is 43.8 Å². The van der Waals surface area contributed by atoms with Gasteiger partial charge in [0.2, 0.25) is 5.91 Å². The van der Waals surface area contributed by atoms with Crippen molar-refractivity contribution in [2.75, 3.05) is 26.2 Å². The minimum Gasteiger partial charge on any atom is -0.396 e. The molecule has 0 aromatic heterocycles. The standard InChI is InChI=1S/C20H30N2O2/c1-3-20(15-23)9-12-21(13-10-20)16(2)19(24)22-11-8-17-6-4-5-7-18(17)14-22/h4-7,16,23H,3,8-15H2,1-2H3. The van der Waals surface area contributed by atoms with Crippen LogP contribution >= 0.6 is 0 Å². The van der Waals surface area contributed by atoms with Crippen LogP contribution in [0.25, 0.3) is 0 Å². The fourth-order valence-corrected chi connectivity index (χ4v) is 4.11. The Kier molecular flexibility index (Phi) is 5.26. The number of hydrogen-bond donors (Lipinski definition) is 1. The molecule has 1 aromatic rings. The largest absolute Gasteiger partial charge is 0.396 e. The molecule has 1 N–H and O–H groups in total. The van der Waals surface area contributed by atoms with Crippen molar-refractivity contribution < 1.29 is 9.90 Å². The Morgan fingerprint density at radius 1 is 1.21 bits per heavy atom. The minimum atomic E-state index is -0.0659. The molecule has 132 valence electrons. The van der Waals surface area contributed by atoms with Crippen molar-refractivity contribution in [2.45, 2.75) is 52.1 Å². The number of hydrogen-bond acceptors (Lipinski definition) is 3. The lowest BCUT2D eigenvalue weighted by atomic mass is 9.76. The molecule has 24 heavy (non-hydrogen) atoms. The van der Waals surface area contributed by atoms with Gasteiger partial charge in [0.25, 0.3) is 0 Å². The van der Waals surface area contributed by atoms with E-state index >= 15 is 0 Å². The van der Waals surface area contributed by atoms with Crippen LogP contribution in [0.15, 0.2) is 24.3 Å². The van der Waals surface area contributed by atoms with Crippen LogP contribution in [0.3, 0.4) is 0 Å². The van der Waals surface area contributed by atoms with E-state index in [-0.39, 0.29) is 24.0 Å². The van der Waals surface area contributed by atoms with Crippen LogP contribution in [0.4, 0.5) is 0 Å². The molecule has 4 heteroatoms. The quantitative estimate of drug-likeness (QED) is 0.922. The maximum absolute atomic E-state index is 12.9. The van der Waals surface area contributed by atoms with Gasteiger partial charge in [-0.1, -0.05) is 31.2 Å². The summed E-state index contributed by atoms with van der Waals surface area (Å²) >= 11 is 0. The molecule has 0 spiro atoms. The number of nitrogens with zero attached hydrogens (tertiary/aromatic N) is 2. The molecule has 2 aliphatic rings. The number of amides is 1. The highest BCUT2D eigenvalue weighted by atomic mass is 16.3. The molecule has 1 aromatic carbocycles. The molecule has 1 saturated heterocycles. The molecule has 0 radical (unpaired) electrons. The molecule has 2 heterocycles. The lowest BCUT2D eigenvalue weighted by molar-refractivity contribution is -0.138. The Balaban J connectivity index is 1.60. The summed E-state index contributed by atoms with van der Waals surface area (Å²) in [5.74, 6) is 0.248. The summed E-state index contributed by atoms with van der Waals surface area (Å²) in [5.41, 5.74) is 2.74. The predicted molar refractivity (Wildman–Crippen MR) is 95.6 cm³/mol. The number of benzene rings is 1. The van der Waals surface area contributed by atoms with Gasteiger partial charge >= 0.3 is 0 Å². The average Bonchev–Trinajstić information content (AvgIpc) is 2.66. The number of carbonyl (C=O) groups excluding carboxylic acids is 1. The summed E-state index contributed by atoms with van der Waals surface area (Å²) in [4.78, 5) is 17.3. The van der Waals surface area contributed by atoms with E-state index in [4.69, 9.17) is 0 Å². The van der Waals surface area contributed by atoms with Crippen molar-refractivity contribution in [3.8, 4) is 0 Å². The normalized spacial score (nSPS) is 22.0. The third-order valence-electron chi connectivity index (χ3n) is 6.29. The van der Waals surface area contributed by atoms with Crippen molar-refractivity contribution in [2.24, 2.45) is 5.41 Å². The van der Waals surface area contributed by atoms with Gasteiger partial charge in [0.1, 0.15) is 0 Å². The molecular weight excluding hydrogens is 300 g/mol. The molecule has 0 bridgehead atoms. The zero-order chi connectivity index (χ0) is 17.2. The highest BCUT2D eigenvalue weighted by Crippen LogP contribution is 2.35. The summed E-state index contributed by atoms with van der Waals surface area (Å²) < 4.78 is 0. The second-order valence-corrected chi connectivity index (χ2v) is 7.50. The van der Waals surface area contributed by atoms with Gasteiger partial charge in [-0.2, -0.15) is 0 Å². The first-order valence-electron chi connectivity index (χ1n) is 9.29. The van der Waals surface area contributed by atoms with Gasteiger partial charge in [-0.05, 0) is 62.2 Å². The Hall–Kier alpha value is -1.39. The monoisotopic (exact) mass is 330 g/mol. The summed E-state index contributed by atoms with van der Waals surface area (Å²) in [6.45, 7) is 7.85. The Morgan fingerprint density at radius 2 is 1.88 bits per heavy atom. The average molecular weight is 330 g/mol. The van der Waals surface area contributed by atoms with Gasteiger partial charge in [-0.15, -0.1) is 0 Å². The van der Waals surface area contributed by atoms with E-state index < -0.39 is 0 Å². The molecule has 2 aliphatic heterocycles. The fraction of sp³-hybridized carbons (Fsp3) is 0.650. The van der Waals surface area contributed by atoms with E-state index in [1.165, 1.54) is 11.1 Å². The Morgan fingerprint density at radius 3 is 2.50 bits per heavy atom. The molecule has 4 nitrogen and oxygen atoms in total. The molecule has 1 fully saturated rings. The lowest BCUT2D eigenvalue weighted by Gasteiger charge is -2.43. The van der Waals surface area contributed by atoms with Crippen molar-refractivity contribution in [3.63, 3.8) is 0 Å². The molecule has 0 aliphatic carbocycles. The van der Waals surface area contributed by atoms with Crippen LogP contribution in [-0.4, -0.2) is 53.1 Å². The molecule has 3 rings (SSSR count). The highest BCUT2D eigenvalue weighted by molar-refractivity contribution is 5.81. The third kappa shape index (κ3) is 3.35. The lowest BCUT2D eigenvalue weighted by Crippen LogP contribution is -2.52. The Labute approximate surface area is 145 Å².